The summed E-state index contributed by atoms with van der Waals surface area (Å²) >= 11 is 5.92. The van der Waals surface area contributed by atoms with Crippen LogP contribution in [-0.4, -0.2) is 30.8 Å². The monoisotopic (exact) mass is 332 g/mol. The third-order valence-electron chi connectivity index (χ3n) is 3.18. The molecular formula is C17H17ClN2O3. The van der Waals surface area contributed by atoms with Gasteiger partial charge in [-0.25, -0.2) is 0 Å². The highest BCUT2D eigenvalue weighted by Crippen LogP contribution is 2.24. The molecular weight excluding hydrogens is 316 g/mol. The van der Waals surface area contributed by atoms with Gasteiger partial charge in [0.2, 0.25) is 0 Å². The van der Waals surface area contributed by atoms with E-state index in [1.165, 1.54) is 17.0 Å². The molecule has 0 heterocycles. The summed E-state index contributed by atoms with van der Waals surface area (Å²) in [7, 11) is 3.38. The van der Waals surface area contributed by atoms with Gasteiger partial charge in [-0.2, -0.15) is 0 Å². The molecule has 2 N–H and O–H groups in total. The van der Waals surface area contributed by atoms with Crippen molar-refractivity contribution in [3.63, 3.8) is 0 Å². The smallest absolute Gasteiger partial charge is 0.253 e. The fourth-order valence-corrected chi connectivity index (χ4v) is 2.19. The summed E-state index contributed by atoms with van der Waals surface area (Å²) in [5, 5.41) is 0.446. The number of ether oxygens (including phenoxy) is 1. The molecule has 6 heteroatoms. The SMILES string of the molecule is CN(C)C(=O)c1cccc(COc2cc(Cl)ccc2C(N)=O)c1. The largest absolute Gasteiger partial charge is 0.488 e. The molecule has 2 rings (SSSR count). The number of rotatable bonds is 5. The van der Waals surface area contributed by atoms with Crippen molar-refractivity contribution in [2.45, 2.75) is 6.61 Å². The number of hydrogen-bond acceptors (Lipinski definition) is 3. The highest BCUT2D eigenvalue weighted by Gasteiger charge is 2.12. The number of nitrogens with zero attached hydrogens (tertiary/aromatic N) is 1. The lowest BCUT2D eigenvalue weighted by Gasteiger charge is -2.13. The highest BCUT2D eigenvalue weighted by atomic mass is 35.5. The molecule has 0 aromatic heterocycles. The van der Waals surface area contributed by atoms with Crippen molar-refractivity contribution in [1.82, 2.24) is 4.90 Å². The topological polar surface area (TPSA) is 72.6 Å². The number of carbonyl (C=O) groups is 2. The summed E-state index contributed by atoms with van der Waals surface area (Å²) in [6.07, 6.45) is 0. The number of benzene rings is 2. The minimum atomic E-state index is -0.590. The van der Waals surface area contributed by atoms with E-state index in [9.17, 15) is 9.59 Å². The van der Waals surface area contributed by atoms with E-state index in [-0.39, 0.29) is 18.1 Å². The molecule has 23 heavy (non-hydrogen) atoms. The zero-order chi connectivity index (χ0) is 17.0. The predicted molar refractivity (Wildman–Crippen MR) is 88.8 cm³/mol. The van der Waals surface area contributed by atoms with Crippen LogP contribution in [0, 0.1) is 0 Å². The molecule has 0 aliphatic heterocycles. The molecule has 0 unspecified atom stereocenters. The van der Waals surface area contributed by atoms with E-state index >= 15 is 0 Å². The molecule has 0 saturated heterocycles. The summed E-state index contributed by atoms with van der Waals surface area (Å²) in [6, 6.07) is 11.7. The second kappa shape index (κ2) is 7.15. The van der Waals surface area contributed by atoms with Gasteiger partial charge in [0.25, 0.3) is 11.8 Å². The maximum absolute atomic E-state index is 12.0. The quantitative estimate of drug-likeness (QED) is 0.915. The summed E-state index contributed by atoms with van der Waals surface area (Å²) in [4.78, 5) is 24.9. The summed E-state index contributed by atoms with van der Waals surface area (Å²) < 4.78 is 5.65. The van der Waals surface area contributed by atoms with E-state index in [2.05, 4.69) is 0 Å². The number of amides is 2. The summed E-state index contributed by atoms with van der Waals surface area (Å²) in [6.45, 7) is 0.190. The van der Waals surface area contributed by atoms with Crippen molar-refractivity contribution in [2.24, 2.45) is 5.73 Å². The van der Waals surface area contributed by atoms with Crippen LogP contribution in [0.15, 0.2) is 42.5 Å². The number of halogens is 1. The third-order valence-corrected chi connectivity index (χ3v) is 3.42. The Bertz CT molecular complexity index is 744. The standard InChI is InChI=1S/C17H17ClN2O3/c1-20(2)17(22)12-5-3-4-11(8-12)10-23-15-9-13(18)6-7-14(15)16(19)21/h3-9H,10H2,1-2H3,(H2,19,21). The van der Waals surface area contributed by atoms with Crippen molar-refractivity contribution in [1.29, 1.82) is 0 Å². The Morgan fingerprint density at radius 3 is 2.57 bits per heavy atom. The van der Waals surface area contributed by atoms with Gasteiger partial charge in [-0.3, -0.25) is 9.59 Å². The normalized spacial score (nSPS) is 10.2. The average molecular weight is 333 g/mol. The third kappa shape index (κ3) is 4.23. The van der Waals surface area contributed by atoms with Gasteiger partial charge in [0, 0.05) is 24.7 Å². The van der Waals surface area contributed by atoms with E-state index in [0.717, 1.165) is 5.56 Å². The van der Waals surface area contributed by atoms with Gasteiger partial charge in [-0.1, -0.05) is 23.7 Å². The molecule has 0 fully saturated rings. The Kier molecular flexibility index (Phi) is 5.24. The fraction of sp³-hybridized carbons (Fsp3) is 0.176. The summed E-state index contributed by atoms with van der Waals surface area (Å²) in [5.41, 5.74) is 6.94. The maximum Gasteiger partial charge on any atom is 0.253 e. The van der Waals surface area contributed by atoms with Crippen LogP contribution in [0.4, 0.5) is 0 Å². The van der Waals surface area contributed by atoms with E-state index in [1.54, 1.807) is 38.4 Å². The molecule has 0 radical (unpaired) electrons. The van der Waals surface area contributed by atoms with Crippen molar-refractivity contribution < 1.29 is 14.3 Å². The van der Waals surface area contributed by atoms with Crippen molar-refractivity contribution >= 4 is 23.4 Å². The van der Waals surface area contributed by atoms with E-state index < -0.39 is 5.91 Å². The molecule has 0 aliphatic rings. The molecule has 0 saturated carbocycles. The van der Waals surface area contributed by atoms with E-state index in [1.807, 2.05) is 6.07 Å². The number of primary amides is 1. The molecule has 0 spiro atoms. The highest BCUT2D eigenvalue weighted by molar-refractivity contribution is 6.30. The molecule has 2 aromatic carbocycles. The predicted octanol–water partition coefficient (Wildman–Crippen LogP) is 2.72. The second-order valence-electron chi connectivity index (χ2n) is 5.19. The van der Waals surface area contributed by atoms with Gasteiger partial charge >= 0.3 is 0 Å². The molecule has 5 nitrogen and oxygen atoms in total. The van der Waals surface area contributed by atoms with E-state index in [4.69, 9.17) is 22.1 Å². The molecule has 0 atom stereocenters. The first-order chi connectivity index (χ1) is 10.9. The fourth-order valence-electron chi connectivity index (χ4n) is 2.03. The average Bonchev–Trinajstić information content (AvgIpc) is 2.52. The maximum atomic E-state index is 12.0. The lowest BCUT2D eigenvalue weighted by Crippen LogP contribution is -2.21. The second-order valence-corrected chi connectivity index (χ2v) is 5.63. The first-order valence-corrected chi connectivity index (χ1v) is 7.29. The molecule has 120 valence electrons. The van der Waals surface area contributed by atoms with Gasteiger partial charge in [0.1, 0.15) is 12.4 Å². The Morgan fingerprint density at radius 2 is 1.91 bits per heavy atom. The first kappa shape index (κ1) is 16.8. The van der Waals surface area contributed by atoms with Crippen LogP contribution in [-0.2, 0) is 6.61 Å². The Hall–Kier alpha value is -2.53. The zero-order valence-electron chi connectivity index (χ0n) is 12.9. The van der Waals surface area contributed by atoms with Gasteiger partial charge in [0.05, 0.1) is 5.56 Å². The van der Waals surface area contributed by atoms with Crippen molar-refractivity contribution in [3.05, 3.63) is 64.2 Å². The zero-order valence-corrected chi connectivity index (χ0v) is 13.6. The van der Waals surface area contributed by atoms with Crippen LogP contribution in [0.3, 0.4) is 0 Å². The summed E-state index contributed by atoms with van der Waals surface area (Å²) in [5.74, 6) is -0.366. The van der Waals surface area contributed by atoms with Gasteiger partial charge < -0.3 is 15.4 Å². The van der Waals surface area contributed by atoms with Crippen LogP contribution < -0.4 is 10.5 Å². The van der Waals surface area contributed by atoms with Crippen LogP contribution >= 0.6 is 11.6 Å². The molecule has 0 aliphatic carbocycles. The van der Waals surface area contributed by atoms with Crippen molar-refractivity contribution in [3.8, 4) is 5.75 Å². The van der Waals surface area contributed by atoms with Crippen LogP contribution in [0.1, 0.15) is 26.3 Å². The lowest BCUT2D eigenvalue weighted by atomic mass is 10.1. The Balaban J connectivity index is 2.19. The molecule has 0 bridgehead atoms. The van der Waals surface area contributed by atoms with Gasteiger partial charge in [0.15, 0.2) is 0 Å². The minimum absolute atomic E-state index is 0.0903. The Morgan fingerprint density at radius 1 is 1.17 bits per heavy atom. The molecule has 2 amide bonds. The lowest BCUT2D eigenvalue weighted by molar-refractivity contribution is 0.0827. The molecule has 2 aromatic rings. The number of hydrogen-bond donors (Lipinski definition) is 1. The number of carbonyl (C=O) groups excluding carboxylic acids is 2. The van der Waals surface area contributed by atoms with E-state index in [0.29, 0.717) is 16.3 Å². The van der Waals surface area contributed by atoms with Crippen LogP contribution in [0.25, 0.3) is 0 Å². The Labute approximate surface area is 139 Å². The number of nitrogens with two attached hydrogens (primary N) is 1. The van der Waals surface area contributed by atoms with Crippen LogP contribution in [0.5, 0.6) is 5.75 Å². The van der Waals surface area contributed by atoms with Gasteiger partial charge in [-0.05, 0) is 35.9 Å². The van der Waals surface area contributed by atoms with Gasteiger partial charge in [-0.15, -0.1) is 0 Å². The minimum Gasteiger partial charge on any atom is -0.488 e. The van der Waals surface area contributed by atoms with Crippen LogP contribution in [0.2, 0.25) is 5.02 Å². The first-order valence-electron chi connectivity index (χ1n) is 6.91. The van der Waals surface area contributed by atoms with Crippen molar-refractivity contribution in [2.75, 3.05) is 14.1 Å².